The molecule has 0 aliphatic heterocycles. The average molecular weight is 585 g/mol. The van der Waals surface area contributed by atoms with E-state index in [2.05, 4.69) is 121 Å². The molecule has 2 aliphatic carbocycles. The van der Waals surface area contributed by atoms with Crippen LogP contribution in [0.5, 0.6) is 0 Å². The fourth-order valence-electron chi connectivity index (χ4n) is 5.79. The van der Waals surface area contributed by atoms with Gasteiger partial charge in [0.1, 0.15) is 0 Å². The lowest BCUT2D eigenvalue weighted by Gasteiger charge is -2.40. The van der Waals surface area contributed by atoms with Gasteiger partial charge in [0, 0.05) is 10.8 Å². The van der Waals surface area contributed by atoms with E-state index in [0.717, 1.165) is 35.1 Å². The Bertz CT molecular complexity index is 1330. The molecule has 0 amide bonds. The van der Waals surface area contributed by atoms with Crippen molar-refractivity contribution >= 4 is 0 Å². The maximum atomic E-state index is 10.4. The zero-order valence-corrected chi connectivity index (χ0v) is 28.3. The lowest BCUT2D eigenvalue weighted by Crippen LogP contribution is -2.44. The highest BCUT2D eigenvalue weighted by Gasteiger charge is 2.40. The minimum atomic E-state index is -0.761. The van der Waals surface area contributed by atoms with E-state index in [0.29, 0.717) is 6.42 Å². The van der Waals surface area contributed by atoms with E-state index in [4.69, 9.17) is 0 Å². The molecule has 0 saturated heterocycles. The summed E-state index contributed by atoms with van der Waals surface area (Å²) in [6, 6.07) is 0. The van der Waals surface area contributed by atoms with Crippen LogP contribution in [0.2, 0.25) is 0 Å². The summed E-state index contributed by atoms with van der Waals surface area (Å²) in [6.07, 6.45) is 29.8. The quantitative estimate of drug-likeness (QED) is 0.224. The van der Waals surface area contributed by atoms with E-state index in [-0.39, 0.29) is 11.5 Å². The molecule has 2 aliphatic rings. The lowest BCUT2D eigenvalue weighted by atomic mass is 9.69. The summed E-state index contributed by atoms with van der Waals surface area (Å²) in [5.74, 6) is 0. The normalized spacial score (nSPS) is 26.5. The molecular weight excluding hydrogens is 528 g/mol. The Kier molecular flexibility index (Phi) is 13.6. The van der Waals surface area contributed by atoms with E-state index >= 15 is 0 Å². The topological polar surface area (TPSA) is 60.7 Å². The first-order chi connectivity index (χ1) is 20.1. The van der Waals surface area contributed by atoms with Gasteiger partial charge >= 0.3 is 0 Å². The van der Waals surface area contributed by atoms with Crippen LogP contribution in [0.15, 0.2) is 130 Å². The van der Waals surface area contributed by atoms with Crippen molar-refractivity contribution < 1.29 is 15.3 Å². The molecule has 0 aromatic carbocycles. The standard InChI is InChI=1S/C40H56O3/c1-28(17-13-19-30(3)21-24-34-32(5)23-26-37(42)39(34,7)8)15-11-12-16-29(2)18-14-20-31(4)22-25-35-33(6)27-36(41)38(43)40(35,9)10/h11-22,24-25,36-38,41-43H,23,26-27H2,1-10H3/b12-11+,17-13+,18-14+,24-21+,25-22+,28-15+,29-16+,30-19+,31-20+/t36-,37+,38-/m0/s1. The second kappa shape index (κ2) is 16.2. The maximum absolute atomic E-state index is 10.4. The highest BCUT2D eigenvalue weighted by atomic mass is 16.3. The third kappa shape index (κ3) is 10.6. The molecule has 2 rings (SSSR count). The van der Waals surface area contributed by atoms with Gasteiger partial charge in [-0.15, -0.1) is 0 Å². The van der Waals surface area contributed by atoms with Crippen LogP contribution >= 0.6 is 0 Å². The smallest absolute Gasteiger partial charge is 0.0893 e. The van der Waals surface area contributed by atoms with Crippen LogP contribution in [-0.2, 0) is 0 Å². The van der Waals surface area contributed by atoms with Crippen molar-refractivity contribution in [3.8, 4) is 0 Å². The summed E-state index contributed by atoms with van der Waals surface area (Å²) in [7, 11) is 0. The Morgan fingerprint density at radius 2 is 1.02 bits per heavy atom. The van der Waals surface area contributed by atoms with E-state index in [1.807, 2.05) is 32.9 Å². The maximum Gasteiger partial charge on any atom is 0.0893 e. The summed E-state index contributed by atoms with van der Waals surface area (Å²) in [6.45, 7) is 20.8. The minimum absolute atomic E-state index is 0.210. The fraction of sp³-hybridized carbons (Fsp3) is 0.450. The highest BCUT2D eigenvalue weighted by molar-refractivity contribution is 5.40. The first-order valence-corrected chi connectivity index (χ1v) is 15.6. The largest absolute Gasteiger partial charge is 0.392 e. The van der Waals surface area contributed by atoms with Crippen molar-refractivity contribution in [3.63, 3.8) is 0 Å². The zero-order chi connectivity index (χ0) is 32.4. The highest BCUT2D eigenvalue weighted by Crippen LogP contribution is 2.42. The molecule has 0 saturated carbocycles. The third-order valence-corrected chi connectivity index (χ3v) is 8.84. The molecule has 234 valence electrons. The van der Waals surface area contributed by atoms with Crippen molar-refractivity contribution in [3.05, 3.63) is 130 Å². The summed E-state index contributed by atoms with van der Waals surface area (Å²) >= 11 is 0. The van der Waals surface area contributed by atoms with Gasteiger partial charge in [0.05, 0.1) is 18.3 Å². The Morgan fingerprint density at radius 3 is 1.51 bits per heavy atom. The Labute approximate surface area is 262 Å². The van der Waals surface area contributed by atoms with E-state index < -0.39 is 17.6 Å². The molecule has 3 N–H and O–H groups in total. The van der Waals surface area contributed by atoms with Gasteiger partial charge in [-0.05, 0) is 72.0 Å². The fourth-order valence-corrected chi connectivity index (χ4v) is 5.79. The molecule has 3 heteroatoms. The molecule has 0 spiro atoms. The number of hydrogen-bond donors (Lipinski definition) is 3. The molecule has 43 heavy (non-hydrogen) atoms. The molecule has 0 fully saturated rings. The number of rotatable bonds is 10. The van der Waals surface area contributed by atoms with Crippen LogP contribution in [0, 0.1) is 10.8 Å². The van der Waals surface area contributed by atoms with Crippen LogP contribution in [0.25, 0.3) is 0 Å². The van der Waals surface area contributed by atoms with Gasteiger partial charge in [-0.1, -0.05) is 146 Å². The van der Waals surface area contributed by atoms with Gasteiger partial charge in [-0.3, -0.25) is 0 Å². The van der Waals surface area contributed by atoms with Crippen molar-refractivity contribution in [1.29, 1.82) is 0 Å². The van der Waals surface area contributed by atoms with E-state index in [1.54, 1.807) is 0 Å². The predicted molar refractivity (Wildman–Crippen MR) is 186 cm³/mol. The first kappa shape index (κ1) is 36.2. The molecule has 0 heterocycles. The number of aliphatic hydroxyl groups is 3. The minimum Gasteiger partial charge on any atom is -0.392 e. The number of allylic oxidation sites excluding steroid dienone is 19. The molecule has 0 bridgehead atoms. The van der Waals surface area contributed by atoms with Crippen LogP contribution in [0.4, 0.5) is 0 Å². The Morgan fingerprint density at radius 1 is 0.605 bits per heavy atom. The number of hydrogen-bond acceptors (Lipinski definition) is 3. The zero-order valence-electron chi connectivity index (χ0n) is 28.3. The third-order valence-electron chi connectivity index (χ3n) is 8.84. The van der Waals surface area contributed by atoms with Gasteiger partial charge in [0.2, 0.25) is 0 Å². The first-order valence-electron chi connectivity index (χ1n) is 15.6. The molecule has 0 aromatic rings. The second-order valence-corrected chi connectivity index (χ2v) is 13.5. The van der Waals surface area contributed by atoms with Crippen molar-refractivity contribution in [1.82, 2.24) is 0 Å². The summed E-state index contributed by atoms with van der Waals surface area (Å²) in [5, 5.41) is 31.0. The summed E-state index contributed by atoms with van der Waals surface area (Å²) in [5.41, 5.74) is 8.76. The SMILES string of the molecule is CC1=C(/C=C/C(C)=C/C=C/C(C)=C/C=C/C=C(C)/C=C/C=C(C)/C=C/C2=C(C)C[C@H](O)[C@H](O)C2(C)C)C(C)(C)[C@H](O)CC1. The monoisotopic (exact) mass is 584 g/mol. The Hall–Kier alpha value is -2.98. The van der Waals surface area contributed by atoms with Crippen molar-refractivity contribution in [2.24, 2.45) is 10.8 Å². The van der Waals surface area contributed by atoms with Gasteiger partial charge in [-0.2, -0.15) is 0 Å². The van der Waals surface area contributed by atoms with Gasteiger partial charge in [0.25, 0.3) is 0 Å². The Balaban J connectivity index is 1.92. The molecule has 0 aromatic heterocycles. The predicted octanol–water partition coefficient (Wildman–Crippen LogP) is 9.52. The van der Waals surface area contributed by atoms with Crippen molar-refractivity contribution in [2.75, 3.05) is 0 Å². The summed E-state index contributed by atoms with van der Waals surface area (Å²) < 4.78 is 0. The van der Waals surface area contributed by atoms with Crippen molar-refractivity contribution in [2.45, 2.75) is 107 Å². The number of aliphatic hydroxyl groups excluding tert-OH is 3. The van der Waals surface area contributed by atoms with E-state index in [1.165, 1.54) is 22.3 Å². The average Bonchev–Trinajstić information content (AvgIpc) is 2.92. The van der Waals surface area contributed by atoms with Gasteiger partial charge in [0.15, 0.2) is 0 Å². The van der Waals surface area contributed by atoms with Crippen LogP contribution < -0.4 is 0 Å². The molecule has 0 unspecified atom stereocenters. The lowest BCUT2D eigenvalue weighted by molar-refractivity contribution is -0.0439. The van der Waals surface area contributed by atoms with Crippen LogP contribution in [0.1, 0.15) is 88.5 Å². The van der Waals surface area contributed by atoms with Crippen LogP contribution in [0.3, 0.4) is 0 Å². The second-order valence-electron chi connectivity index (χ2n) is 13.5. The molecule has 3 nitrogen and oxygen atoms in total. The molecule has 0 radical (unpaired) electrons. The van der Waals surface area contributed by atoms with Crippen LogP contribution in [-0.4, -0.2) is 33.6 Å². The molecular formula is C40H56O3. The summed E-state index contributed by atoms with van der Waals surface area (Å²) in [4.78, 5) is 0. The molecule has 3 atom stereocenters. The van der Waals surface area contributed by atoms with Gasteiger partial charge < -0.3 is 15.3 Å². The van der Waals surface area contributed by atoms with E-state index in [9.17, 15) is 15.3 Å². The van der Waals surface area contributed by atoms with Gasteiger partial charge in [-0.25, -0.2) is 0 Å².